The Morgan fingerprint density at radius 2 is 2.16 bits per heavy atom. The third kappa shape index (κ3) is 2.35. The standard InChI is InChI=1S/C14H17FN2O2/c15-12-3-1-11(2-4-12)7-17-13(18)8-19-10-14(17)5-6-16-9-14/h1-4,16H,5-10H2. The fourth-order valence-electron chi connectivity index (χ4n) is 2.86. The predicted octanol–water partition coefficient (Wildman–Crippen LogP) is 0.917. The molecule has 1 spiro atoms. The molecule has 4 nitrogen and oxygen atoms in total. The first-order chi connectivity index (χ1) is 9.20. The van der Waals surface area contributed by atoms with Crippen molar-refractivity contribution in [1.82, 2.24) is 10.2 Å². The van der Waals surface area contributed by atoms with E-state index < -0.39 is 0 Å². The number of benzene rings is 1. The van der Waals surface area contributed by atoms with Crippen LogP contribution in [0.4, 0.5) is 4.39 Å². The topological polar surface area (TPSA) is 41.6 Å². The van der Waals surface area contributed by atoms with E-state index in [1.165, 1.54) is 12.1 Å². The maximum absolute atomic E-state index is 12.9. The molecular formula is C14H17FN2O2. The summed E-state index contributed by atoms with van der Waals surface area (Å²) in [6, 6.07) is 6.32. The Kier molecular flexibility index (Phi) is 3.24. The van der Waals surface area contributed by atoms with Gasteiger partial charge in [-0.1, -0.05) is 12.1 Å². The molecule has 1 unspecified atom stereocenters. The third-order valence-electron chi connectivity index (χ3n) is 3.95. The largest absolute Gasteiger partial charge is 0.369 e. The Morgan fingerprint density at radius 3 is 2.84 bits per heavy atom. The van der Waals surface area contributed by atoms with Gasteiger partial charge in [0.2, 0.25) is 5.91 Å². The van der Waals surface area contributed by atoms with Crippen molar-refractivity contribution in [1.29, 1.82) is 0 Å². The van der Waals surface area contributed by atoms with Crippen LogP contribution >= 0.6 is 0 Å². The van der Waals surface area contributed by atoms with Gasteiger partial charge in [-0.3, -0.25) is 4.79 Å². The number of carbonyl (C=O) groups excluding carboxylic acids is 1. The van der Waals surface area contributed by atoms with Gasteiger partial charge in [0.25, 0.3) is 0 Å². The van der Waals surface area contributed by atoms with Gasteiger partial charge in [0.1, 0.15) is 12.4 Å². The van der Waals surface area contributed by atoms with Crippen molar-refractivity contribution >= 4 is 5.91 Å². The number of morpholine rings is 1. The molecule has 1 aromatic rings. The Labute approximate surface area is 111 Å². The molecule has 0 saturated carbocycles. The number of nitrogens with one attached hydrogen (secondary N) is 1. The van der Waals surface area contributed by atoms with E-state index >= 15 is 0 Å². The lowest BCUT2D eigenvalue weighted by Gasteiger charge is -2.44. The average molecular weight is 264 g/mol. The van der Waals surface area contributed by atoms with Crippen LogP contribution in [0.2, 0.25) is 0 Å². The molecule has 2 saturated heterocycles. The summed E-state index contributed by atoms with van der Waals surface area (Å²) in [5, 5.41) is 3.29. The van der Waals surface area contributed by atoms with Crippen molar-refractivity contribution in [3.63, 3.8) is 0 Å². The van der Waals surface area contributed by atoms with Gasteiger partial charge in [0, 0.05) is 13.1 Å². The van der Waals surface area contributed by atoms with E-state index in [-0.39, 0.29) is 23.9 Å². The predicted molar refractivity (Wildman–Crippen MR) is 68.0 cm³/mol. The van der Waals surface area contributed by atoms with E-state index in [2.05, 4.69) is 5.32 Å². The van der Waals surface area contributed by atoms with Crippen LogP contribution in [-0.2, 0) is 16.1 Å². The molecule has 1 aromatic carbocycles. The Bertz CT molecular complexity index is 469. The van der Waals surface area contributed by atoms with E-state index in [1.54, 1.807) is 12.1 Å². The summed E-state index contributed by atoms with van der Waals surface area (Å²) in [7, 11) is 0. The minimum Gasteiger partial charge on any atom is -0.369 e. The van der Waals surface area contributed by atoms with E-state index in [9.17, 15) is 9.18 Å². The maximum atomic E-state index is 12.9. The highest BCUT2D eigenvalue weighted by molar-refractivity contribution is 5.79. The zero-order valence-electron chi connectivity index (χ0n) is 10.7. The summed E-state index contributed by atoms with van der Waals surface area (Å²) in [4.78, 5) is 14.0. The van der Waals surface area contributed by atoms with E-state index in [0.717, 1.165) is 25.1 Å². The normalized spacial score (nSPS) is 27.2. The first kappa shape index (κ1) is 12.6. The molecule has 2 aliphatic heterocycles. The Morgan fingerprint density at radius 1 is 1.37 bits per heavy atom. The summed E-state index contributed by atoms with van der Waals surface area (Å²) in [5.74, 6) is -0.242. The van der Waals surface area contributed by atoms with E-state index in [4.69, 9.17) is 4.74 Å². The molecule has 5 heteroatoms. The zero-order chi connectivity index (χ0) is 13.3. The van der Waals surface area contributed by atoms with Crippen molar-refractivity contribution in [2.24, 2.45) is 0 Å². The molecule has 2 aliphatic rings. The van der Waals surface area contributed by atoms with Crippen molar-refractivity contribution < 1.29 is 13.9 Å². The van der Waals surface area contributed by atoms with Gasteiger partial charge in [-0.15, -0.1) is 0 Å². The van der Waals surface area contributed by atoms with Crippen LogP contribution in [0.5, 0.6) is 0 Å². The average Bonchev–Trinajstić information content (AvgIpc) is 2.86. The molecule has 0 radical (unpaired) electrons. The number of halogens is 1. The first-order valence-electron chi connectivity index (χ1n) is 6.53. The van der Waals surface area contributed by atoms with Gasteiger partial charge in [-0.05, 0) is 30.7 Å². The van der Waals surface area contributed by atoms with Gasteiger partial charge in [0.15, 0.2) is 0 Å². The molecule has 0 aliphatic carbocycles. The minimum atomic E-state index is -0.255. The summed E-state index contributed by atoms with van der Waals surface area (Å²) >= 11 is 0. The highest BCUT2D eigenvalue weighted by Gasteiger charge is 2.45. The molecular weight excluding hydrogens is 247 g/mol. The van der Waals surface area contributed by atoms with E-state index in [1.807, 2.05) is 4.90 Å². The summed E-state index contributed by atoms with van der Waals surface area (Å²) in [6.45, 7) is 2.90. The SMILES string of the molecule is O=C1COCC2(CCNC2)N1Cc1ccc(F)cc1. The second-order valence-corrected chi connectivity index (χ2v) is 5.25. The molecule has 1 amide bonds. The van der Waals surface area contributed by atoms with Crippen LogP contribution in [0.3, 0.4) is 0 Å². The number of hydrogen-bond acceptors (Lipinski definition) is 3. The summed E-state index contributed by atoms with van der Waals surface area (Å²) in [5.41, 5.74) is 0.715. The van der Waals surface area contributed by atoms with Gasteiger partial charge in [-0.2, -0.15) is 0 Å². The second kappa shape index (κ2) is 4.90. The quantitative estimate of drug-likeness (QED) is 0.863. The third-order valence-corrected chi connectivity index (χ3v) is 3.95. The fraction of sp³-hybridized carbons (Fsp3) is 0.500. The monoisotopic (exact) mass is 264 g/mol. The maximum Gasteiger partial charge on any atom is 0.249 e. The molecule has 2 heterocycles. The van der Waals surface area contributed by atoms with Crippen LogP contribution in [-0.4, -0.2) is 42.6 Å². The van der Waals surface area contributed by atoms with Crippen LogP contribution in [0.15, 0.2) is 24.3 Å². The van der Waals surface area contributed by atoms with Crippen molar-refractivity contribution in [3.05, 3.63) is 35.6 Å². The number of hydrogen-bond donors (Lipinski definition) is 1. The van der Waals surface area contributed by atoms with Crippen LogP contribution in [0, 0.1) is 5.82 Å². The molecule has 1 N–H and O–H groups in total. The lowest BCUT2D eigenvalue weighted by molar-refractivity contribution is -0.157. The highest BCUT2D eigenvalue weighted by Crippen LogP contribution is 2.29. The smallest absolute Gasteiger partial charge is 0.249 e. The number of amides is 1. The van der Waals surface area contributed by atoms with Gasteiger partial charge in [-0.25, -0.2) is 4.39 Å². The summed E-state index contributed by atoms with van der Waals surface area (Å²) < 4.78 is 18.3. The first-order valence-corrected chi connectivity index (χ1v) is 6.53. The molecule has 102 valence electrons. The van der Waals surface area contributed by atoms with Gasteiger partial charge >= 0.3 is 0 Å². The van der Waals surface area contributed by atoms with Crippen molar-refractivity contribution in [3.8, 4) is 0 Å². The highest BCUT2D eigenvalue weighted by atomic mass is 19.1. The molecule has 0 aromatic heterocycles. The molecule has 3 rings (SSSR count). The number of ether oxygens (including phenoxy) is 1. The second-order valence-electron chi connectivity index (χ2n) is 5.25. The fourth-order valence-corrected chi connectivity index (χ4v) is 2.86. The molecule has 1 atom stereocenters. The lowest BCUT2D eigenvalue weighted by atomic mass is 9.94. The summed E-state index contributed by atoms with van der Waals surface area (Å²) in [6.07, 6.45) is 0.903. The lowest BCUT2D eigenvalue weighted by Crippen LogP contribution is -2.60. The molecule has 19 heavy (non-hydrogen) atoms. The number of carbonyl (C=O) groups is 1. The molecule has 0 bridgehead atoms. The van der Waals surface area contributed by atoms with Crippen molar-refractivity contribution in [2.45, 2.75) is 18.5 Å². The number of nitrogens with zero attached hydrogens (tertiary/aromatic N) is 1. The Balaban J connectivity index is 1.83. The van der Waals surface area contributed by atoms with Crippen LogP contribution in [0.1, 0.15) is 12.0 Å². The Hall–Kier alpha value is -1.46. The zero-order valence-corrected chi connectivity index (χ0v) is 10.7. The van der Waals surface area contributed by atoms with Crippen LogP contribution in [0.25, 0.3) is 0 Å². The molecule has 2 fully saturated rings. The van der Waals surface area contributed by atoms with E-state index in [0.29, 0.717) is 13.2 Å². The van der Waals surface area contributed by atoms with Gasteiger partial charge < -0.3 is 15.0 Å². The van der Waals surface area contributed by atoms with Crippen LogP contribution < -0.4 is 5.32 Å². The number of rotatable bonds is 2. The van der Waals surface area contributed by atoms with Gasteiger partial charge in [0.05, 0.1) is 12.1 Å². The minimum absolute atomic E-state index is 0.0132. The van der Waals surface area contributed by atoms with Crippen molar-refractivity contribution in [2.75, 3.05) is 26.3 Å².